The highest BCUT2D eigenvalue weighted by atomic mass is 35.5. The van der Waals surface area contributed by atoms with E-state index in [0.29, 0.717) is 6.42 Å². The molecule has 21 heavy (non-hydrogen) atoms. The minimum Gasteiger partial charge on any atom is -0.396 e. The molecule has 0 aliphatic rings. The van der Waals surface area contributed by atoms with Crippen LogP contribution in [0, 0.1) is 12.7 Å². The molecule has 1 heterocycles. The van der Waals surface area contributed by atoms with Gasteiger partial charge in [-0.05, 0) is 19.1 Å². The van der Waals surface area contributed by atoms with Crippen LogP contribution in [-0.4, -0.2) is 19.9 Å². The molecule has 9 heteroatoms. The van der Waals surface area contributed by atoms with Crippen molar-refractivity contribution in [2.45, 2.75) is 18.2 Å². The van der Waals surface area contributed by atoms with Crippen LogP contribution in [0.1, 0.15) is 10.7 Å². The van der Waals surface area contributed by atoms with Crippen molar-refractivity contribution in [3.63, 3.8) is 0 Å². The van der Waals surface area contributed by atoms with Gasteiger partial charge in [0.1, 0.15) is 10.7 Å². The normalized spacial score (nSPS) is 11.8. The highest BCUT2D eigenvalue weighted by Crippen LogP contribution is 2.26. The Morgan fingerprint density at radius 2 is 2.19 bits per heavy atom. The van der Waals surface area contributed by atoms with Crippen LogP contribution in [0.2, 0.25) is 5.02 Å². The highest BCUT2D eigenvalue weighted by molar-refractivity contribution is 7.89. The van der Waals surface area contributed by atoms with Crippen LogP contribution < -0.4 is 10.5 Å². The summed E-state index contributed by atoms with van der Waals surface area (Å²) in [4.78, 5) is 4.00. The number of anilines is 1. The highest BCUT2D eigenvalue weighted by Gasteiger charge is 2.19. The summed E-state index contributed by atoms with van der Waals surface area (Å²) >= 11 is 7.26. The lowest BCUT2D eigenvalue weighted by Crippen LogP contribution is -2.26. The first kappa shape index (κ1) is 16.2. The average molecular weight is 350 g/mol. The molecule has 0 unspecified atom stereocenters. The first-order valence-corrected chi connectivity index (χ1v) is 8.69. The van der Waals surface area contributed by atoms with Gasteiger partial charge >= 0.3 is 0 Å². The molecule has 0 aliphatic carbocycles. The molecule has 0 saturated heterocycles. The zero-order valence-corrected chi connectivity index (χ0v) is 13.4. The number of rotatable bonds is 5. The smallest absolute Gasteiger partial charge is 0.242 e. The fourth-order valence-electron chi connectivity index (χ4n) is 1.67. The summed E-state index contributed by atoms with van der Waals surface area (Å²) in [5.41, 5.74) is 5.92. The zero-order valence-electron chi connectivity index (χ0n) is 11.1. The Labute approximate surface area is 131 Å². The molecule has 1 aromatic heterocycles. The minimum absolute atomic E-state index is 0.166. The van der Waals surface area contributed by atoms with E-state index in [2.05, 4.69) is 9.71 Å². The number of hydrogen-bond donors (Lipinski definition) is 2. The molecule has 0 fully saturated rings. The molecule has 0 amide bonds. The summed E-state index contributed by atoms with van der Waals surface area (Å²) in [5, 5.41) is 2.58. The van der Waals surface area contributed by atoms with Gasteiger partial charge < -0.3 is 5.73 Å². The van der Waals surface area contributed by atoms with E-state index in [-0.39, 0.29) is 22.2 Å². The number of aryl methyl sites for hydroxylation is 1. The topological polar surface area (TPSA) is 85.1 Å². The first-order chi connectivity index (χ1) is 9.79. The predicted molar refractivity (Wildman–Crippen MR) is 81.6 cm³/mol. The molecule has 3 N–H and O–H groups in total. The van der Waals surface area contributed by atoms with Crippen molar-refractivity contribution in [2.75, 3.05) is 12.3 Å². The van der Waals surface area contributed by atoms with E-state index in [9.17, 15) is 12.8 Å². The number of hydrogen-bond acceptors (Lipinski definition) is 5. The number of thiazole rings is 1. The Morgan fingerprint density at radius 1 is 1.48 bits per heavy atom. The number of nitrogens with one attached hydrogen (secondary N) is 1. The molecule has 0 bridgehead atoms. The molecule has 2 rings (SSSR count). The Hall–Kier alpha value is -1.22. The van der Waals surface area contributed by atoms with E-state index < -0.39 is 15.8 Å². The van der Waals surface area contributed by atoms with Crippen molar-refractivity contribution in [2.24, 2.45) is 0 Å². The number of nitrogens with zero attached hydrogens (tertiary/aromatic N) is 1. The largest absolute Gasteiger partial charge is 0.396 e. The van der Waals surface area contributed by atoms with Crippen LogP contribution in [-0.2, 0) is 16.4 Å². The maximum atomic E-state index is 13.2. The minimum atomic E-state index is -3.85. The van der Waals surface area contributed by atoms with E-state index >= 15 is 0 Å². The van der Waals surface area contributed by atoms with Crippen molar-refractivity contribution in [3.05, 3.63) is 39.1 Å². The molecule has 0 atom stereocenters. The third-order valence-electron chi connectivity index (χ3n) is 2.68. The second-order valence-electron chi connectivity index (χ2n) is 4.31. The third-order valence-corrected chi connectivity index (χ3v) is 5.43. The second kappa shape index (κ2) is 6.27. The molecule has 5 nitrogen and oxygen atoms in total. The molecule has 114 valence electrons. The number of nitrogens with two attached hydrogens (primary N) is 1. The third kappa shape index (κ3) is 3.91. The van der Waals surface area contributed by atoms with Crippen molar-refractivity contribution in [1.29, 1.82) is 0 Å². The van der Waals surface area contributed by atoms with Crippen LogP contribution in [0.5, 0.6) is 0 Å². The van der Waals surface area contributed by atoms with Crippen LogP contribution in [0.25, 0.3) is 0 Å². The van der Waals surface area contributed by atoms with Gasteiger partial charge in [0.05, 0.1) is 21.4 Å². The molecular formula is C12H13ClFN3O2S2. The Bertz CT molecular complexity index is 762. The van der Waals surface area contributed by atoms with Gasteiger partial charge in [-0.1, -0.05) is 11.6 Å². The van der Waals surface area contributed by atoms with Crippen LogP contribution >= 0.6 is 22.9 Å². The lowest BCUT2D eigenvalue weighted by molar-refractivity contribution is 0.580. The monoisotopic (exact) mass is 349 g/mol. The summed E-state index contributed by atoms with van der Waals surface area (Å²) < 4.78 is 39.8. The number of aromatic nitrogens is 1. The van der Waals surface area contributed by atoms with Gasteiger partial charge in [-0.3, -0.25) is 0 Å². The molecule has 0 radical (unpaired) electrons. The fourth-order valence-corrected chi connectivity index (χ4v) is 3.89. The van der Waals surface area contributed by atoms with Gasteiger partial charge in [0.15, 0.2) is 0 Å². The van der Waals surface area contributed by atoms with Crippen LogP contribution in [0.4, 0.5) is 10.1 Å². The van der Waals surface area contributed by atoms with Crippen molar-refractivity contribution in [1.82, 2.24) is 9.71 Å². The van der Waals surface area contributed by atoms with Crippen LogP contribution in [0.15, 0.2) is 22.4 Å². The number of nitrogen functional groups attached to an aromatic ring is 1. The second-order valence-corrected chi connectivity index (χ2v) is 7.51. The van der Waals surface area contributed by atoms with Crippen LogP contribution in [0.3, 0.4) is 0 Å². The summed E-state index contributed by atoms with van der Waals surface area (Å²) in [6.45, 7) is 2.04. The van der Waals surface area contributed by atoms with E-state index in [1.165, 1.54) is 11.3 Å². The predicted octanol–water partition coefficient (Wildman–Crippen LogP) is 2.35. The zero-order chi connectivity index (χ0) is 15.6. The molecule has 0 aliphatic heterocycles. The maximum absolute atomic E-state index is 13.2. The van der Waals surface area contributed by atoms with E-state index in [0.717, 1.165) is 22.8 Å². The number of benzene rings is 1. The number of halogens is 2. The summed E-state index contributed by atoms with van der Waals surface area (Å²) in [6.07, 6.45) is 0.456. The van der Waals surface area contributed by atoms with Crippen molar-refractivity contribution in [3.8, 4) is 0 Å². The lowest BCUT2D eigenvalue weighted by atomic mass is 10.3. The summed E-state index contributed by atoms with van der Waals surface area (Å²) in [5.74, 6) is -0.753. The summed E-state index contributed by atoms with van der Waals surface area (Å²) in [7, 11) is -3.85. The molecule has 0 saturated carbocycles. The van der Waals surface area contributed by atoms with Gasteiger partial charge in [-0.2, -0.15) is 0 Å². The Morgan fingerprint density at radius 3 is 2.81 bits per heavy atom. The molecule has 0 spiro atoms. The number of sulfonamides is 1. The Balaban J connectivity index is 2.10. The summed E-state index contributed by atoms with van der Waals surface area (Å²) in [6, 6.07) is 1.89. The van der Waals surface area contributed by atoms with Crippen molar-refractivity contribution < 1.29 is 12.8 Å². The van der Waals surface area contributed by atoms with E-state index in [1.54, 1.807) is 0 Å². The maximum Gasteiger partial charge on any atom is 0.242 e. The van der Waals surface area contributed by atoms with Gasteiger partial charge in [-0.15, -0.1) is 11.3 Å². The molecule has 1 aromatic carbocycles. The lowest BCUT2D eigenvalue weighted by Gasteiger charge is -2.09. The van der Waals surface area contributed by atoms with E-state index in [4.69, 9.17) is 17.3 Å². The standard InChI is InChI=1S/C12H13ClFN3O2S2/c1-7-17-8(6-20-7)2-3-16-21(18,19)12-5-11(15)10(14)4-9(12)13/h4-6,16H,2-3,15H2,1H3. The van der Waals surface area contributed by atoms with Gasteiger partial charge in [0, 0.05) is 18.3 Å². The average Bonchev–Trinajstić information content (AvgIpc) is 2.79. The van der Waals surface area contributed by atoms with Gasteiger partial charge in [0.25, 0.3) is 0 Å². The quantitative estimate of drug-likeness (QED) is 0.811. The molecular weight excluding hydrogens is 337 g/mol. The van der Waals surface area contributed by atoms with Crippen molar-refractivity contribution >= 4 is 38.6 Å². The Kier molecular flexibility index (Phi) is 4.82. The van der Waals surface area contributed by atoms with Gasteiger partial charge in [0.2, 0.25) is 10.0 Å². The first-order valence-electron chi connectivity index (χ1n) is 5.95. The SMILES string of the molecule is Cc1nc(CCNS(=O)(=O)c2cc(N)c(F)cc2Cl)cs1. The molecule has 2 aromatic rings. The fraction of sp³-hybridized carbons (Fsp3) is 0.250. The van der Waals surface area contributed by atoms with E-state index in [1.807, 2.05) is 12.3 Å². The van der Waals surface area contributed by atoms with Gasteiger partial charge in [-0.25, -0.2) is 22.5 Å².